The van der Waals surface area contributed by atoms with Crippen LogP contribution in [0.4, 0.5) is 0 Å². The molecule has 2 rings (SSSR count). The van der Waals surface area contributed by atoms with Gasteiger partial charge in [0.1, 0.15) is 4.90 Å². The molecule has 2 heterocycles. The zero-order valence-electron chi connectivity index (χ0n) is 13.1. The molecule has 0 spiro atoms. The van der Waals surface area contributed by atoms with Crippen molar-refractivity contribution in [1.82, 2.24) is 14.2 Å². The Morgan fingerprint density at radius 1 is 1.33 bits per heavy atom. The highest BCUT2D eigenvalue weighted by Gasteiger charge is 2.27. The Morgan fingerprint density at radius 3 is 2.67 bits per heavy atom. The van der Waals surface area contributed by atoms with Crippen LogP contribution in [-0.2, 0) is 23.1 Å². The highest BCUT2D eigenvalue weighted by Crippen LogP contribution is 2.22. The number of nitrogens with one attached hydrogen (secondary N) is 1. The summed E-state index contributed by atoms with van der Waals surface area (Å²) in [7, 11) is -3.38. The fourth-order valence-electron chi connectivity index (χ4n) is 2.48. The summed E-state index contributed by atoms with van der Waals surface area (Å²) >= 11 is 0. The molecule has 1 aliphatic heterocycles. The second kappa shape index (κ2) is 6.77. The smallest absolute Gasteiger partial charge is 0.244 e. The van der Waals surface area contributed by atoms with Crippen LogP contribution in [0.2, 0.25) is 0 Å². The van der Waals surface area contributed by atoms with Crippen LogP contribution in [0.1, 0.15) is 32.9 Å². The van der Waals surface area contributed by atoms with Crippen LogP contribution in [-0.4, -0.2) is 36.9 Å². The number of aryl methyl sites for hydroxylation is 1. The van der Waals surface area contributed by atoms with Crippen molar-refractivity contribution in [2.75, 3.05) is 19.6 Å². The van der Waals surface area contributed by atoms with E-state index in [1.165, 1.54) is 5.57 Å². The molecule has 21 heavy (non-hydrogen) atoms. The van der Waals surface area contributed by atoms with Gasteiger partial charge in [-0.3, -0.25) is 0 Å². The molecular weight excluding hydrogens is 286 g/mol. The SMILES string of the molecule is CCNCc1cc(S(=O)(=O)N2CC=C(C)CC2)cn1CC. The molecule has 0 saturated heterocycles. The average molecular weight is 311 g/mol. The summed E-state index contributed by atoms with van der Waals surface area (Å²) in [4.78, 5) is 0.408. The second-order valence-corrected chi connectivity index (χ2v) is 7.33. The molecule has 0 atom stereocenters. The average Bonchev–Trinajstić information content (AvgIpc) is 2.89. The summed E-state index contributed by atoms with van der Waals surface area (Å²) in [5.41, 5.74) is 2.28. The van der Waals surface area contributed by atoms with E-state index in [2.05, 4.69) is 5.32 Å². The van der Waals surface area contributed by atoms with Gasteiger partial charge in [-0.05, 0) is 32.9 Å². The number of hydrogen-bond donors (Lipinski definition) is 1. The lowest BCUT2D eigenvalue weighted by Crippen LogP contribution is -2.34. The van der Waals surface area contributed by atoms with Crippen molar-refractivity contribution in [1.29, 1.82) is 0 Å². The molecule has 0 bridgehead atoms. The molecule has 118 valence electrons. The standard InChI is InChI=1S/C15H25N3O2S/c1-4-16-11-14-10-15(12-17(14)5-2)21(19,20)18-8-6-13(3)7-9-18/h6,10,12,16H,4-5,7-9,11H2,1-3H3. The van der Waals surface area contributed by atoms with Gasteiger partial charge >= 0.3 is 0 Å². The maximum absolute atomic E-state index is 12.7. The summed E-state index contributed by atoms with van der Waals surface area (Å²) in [5.74, 6) is 0. The Hall–Kier alpha value is -1.11. The molecule has 5 nitrogen and oxygen atoms in total. The van der Waals surface area contributed by atoms with Crippen molar-refractivity contribution in [3.63, 3.8) is 0 Å². The van der Waals surface area contributed by atoms with Crippen molar-refractivity contribution in [3.05, 3.63) is 29.6 Å². The maximum Gasteiger partial charge on any atom is 0.244 e. The molecule has 1 aromatic heterocycles. The van der Waals surface area contributed by atoms with E-state index in [1.807, 2.05) is 31.4 Å². The van der Waals surface area contributed by atoms with E-state index in [9.17, 15) is 8.42 Å². The monoisotopic (exact) mass is 311 g/mol. The fraction of sp³-hybridized carbons (Fsp3) is 0.600. The molecule has 0 fully saturated rings. The van der Waals surface area contributed by atoms with Gasteiger partial charge < -0.3 is 9.88 Å². The van der Waals surface area contributed by atoms with Crippen molar-refractivity contribution in [3.8, 4) is 0 Å². The highest BCUT2D eigenvalue weighted by atomic mass is 32.2. The highest BCUT2D eigenvalue weighted by molar-refractivity contribution is 7.89. The van der Waals surface area contributed by atoms with Gasteiger partial charge in [-0.1, -0.05) is 18.6 Å². The lowest BCUT2D eigenvalue weighted by atomic mass is 10.1. The number of rotatable bonds is 6. The molecule has 1 aromatic rings. The van der Waals surface area contributed by atoms with Gasteiger partial charge in [0.05, 0.1) is 0 Å². The van der Waals surface area contributed by atoms with Gasteiger partial charge in [0.2, 0.25) is 10.0 Å². The topological polar surface area (TPSA) is 54.3 Å². The lowest BCUT2D eigenvalue weighted by molar-refractivity contribution is 0.431. The summed E-state index contributed by atoms with van der Waals surface area (Å²) in [6, 6.07) is 1.80. The summed E-state index contributed by atoms with van der Waals surface area (Å²) < 4.78 is 29.0. The second-order valence-electron chi connectivity index (χ2n) is 5.40. The minimum atomic E-state index is -3.38. The van der Waals surface area contributed by atoms with Gasteiger partial charge in [0.15, 0.2) is 0 Å². The van der Waals surface area contributed by atoms with E-state index < -0.39 is 10.0 Å². The molecule has 1 aliphatic rings. The Labute approximate surface area is 127 Å². The minimum Gasteiger partial charge on any atom is -0.349 e. The van der Waals surface area contributed by atoms with Crippen LogP contribution < -0.4 is 5.32 Å². The molecule has 0 aliphatic carbocycles. The van der Waals surface area contributed by atoms with Gasteiger partial charge in [-0.2, -0.15) is 4.31 Å². The van der Waals surface area contributed by atoms with E-state index >= 15 is 0 Å². The van der Waals surface area contributed by atoms with Crippen molar-refractivity contribution >= 4 is 10.0 Å². The molecule has 0 aromatic carbocycles. The van der Waals surface area contributed by atoms with Gasteiger partial charge in [-0.15, -0.1) is 0 Å². The van der Waals surface area contributed by atoms with Crippen molar-refractivity contribution in [2.45, 2.75) is 45.2 Å². The Kier molecular flexibility index (Phi) is 5.24. The molecule has 6 heteroatoms. The number of hydrogen-bond acceptors (Lipinski definition) is 3. The van der Waals surface area contributed by atoms with E-state index in [0.717, 1.165) is 25.2 Å². The van der Waals surface area contributed by atoms with Crippen molar-refractivity contribution < 1.29 is 8.42 Å². The summed E-state index contributed by atoms with van der Waals surface area (Å²) in [5, 5.41) is 3.25. The predicted molar refractivity (Wildman–Crippen MR) is 84.6 cm³/mol. The van der Waals surface area contributed by atoms with Crippen LogP contribution in [0.15, 0.2) is 28.8 Å². The Balaban J connectivity index is 2.26. The van der Waals surface area contributed by atoms with E-state index in [-0.39, 0.29) is 0 Å². The van der Waals surface area contributed by atoms with Crippen LogP contribution >= 0.6 is 0 Å². The normalized spacial score (nSPS) is 17.0. The fourth-order valence-corrected chi connectivity index (χ4v) is 3.93. The van der Waals surface area contributed by atoms with E-state index in [0.29, 0.717) is 24.5 Å². The molecule has 0 amide bonds. The quantitative estimate of drug-likeness (QED) is 0.817. The number of aromatic nitrogens is 1. The first-order valence-corrected chi connectivity index (χ1v) is 8.98. The van der Waals surface area contributed by atoms with Crippen LogP contribution in [0.25, 0.3) is 0 Å². The molecular formula is C15H25N3O2S. The van der Waals surface area contributed by atoms with E-state index in [4.69, 9.17) is 0 Å². The zero-order valence-corrected chi connectivity index (χ0v) is 13.9. The Bertz CT molecular complexity index is 617. The molecule has 0 unspecified atom stereocenters. The van der Waals surface area contributed by atoms with E-state index in [1.54, 1.807) is 16.6 Å². The first-order valence-electron chi connectivity index (χ1n) is 7.54. The van der Waals surface area contributed by atoms with Crippen LogP contribution in [0.3, 0.4) is 0 Å². The largest absolute Gasteiger partial charge is 0.349 e. The predicted octanol–water partition coefficient (Wildman–Crippen LogP) is 1.96. The third-order valence-corrected chi connectivity index (χ3v) is 5.72. The number of sulfonamides is 1. The first kappa shape index (κ1) is 16.3. The lowest BCUT2D eigenvalue weighted by Gasteiger charge is -2.24. The van der Waals surface area contributed by atoms with Crippen LogP contribution in [0.5, 0.6) is 0 Å². The van der Waals surface area contributed by atoms with Crippen molar-refractivity contribution in [2.24, 2.45) is 0 Å². The third-order valence-electron chi connectivity index (χ3n) is 3.89. The number of nitrogens with zero attached hydrogens (tertiary/aromatic N) is 2. The molecule has 1 N–H and O–H groups in total. The van der Waals surface area contributed by atoms with Gasteiger partial charge in [0.25, 0.3) is 0 Å². The first-order chi connectivity index (χ1) is 9.98. The third kappa shape index (κ3) is 3.56. The molecule has 0 radical (unpaired) electrons. The van der Waals surface area contributed by atoms with Gasteiger partial charge in [-0.25, -0.2) is 8.42 Å². The van der Waals surface area contributed by atoms with Crippen LogP contribution in [0, 0.1) is 0 Å². The maximum atomic E-state index is 12.7. The Morgan fingerprint density at radius 2 is 2.10 bits per heavy atom. The van der Waals surface area contributed by atoms with Gasteiger partial charge in [0, 0.05) is 38.1 Å². The minimum absolute atomic E-state index is 0.408. The zero-order chi connectivity index (χ0) is 15.5. The summed E-state index contributed by atoms with van der Waals surface area (Å²) in [6.07, 6.45) is 4.57. The molecule has 0 saturated carbocycles. The summed E-state index contributed by atoms with van der Waals surface area (Å²) in [6.45, 7) is 9.50.